The van der Waals surface area contributed by atoms with Crippen LogP contribution in [-0.4, -0.2) is 55.7 Å². The Kier molecular flexibility index (Phi) is 6.47. The van der Waals surface area contributed by atoms with Gasteiger partial charge in [-0.1, -0.05) is 41.4 Å². The predicted octanol–water partition coefficient (Wildman–Crippen LogP) is 2.06. The van der Waals surface area contributed by atoms with E-state index in [1.165, 1.54) is 4.90 Å². The van der Waals surface area contributed by atoms with Crippen LogP contribution < -0.4 is 9.80 Å². The molecule has 3 rings (SSSR count). The van der Waals surface area contributed by atoms with Gasteiger partial charge in [0.1, 0.15) is 5.75 Å². The maximum atomic E-state index is 12.6. The molecule has 2 aromatic carbocycles. The number of piperazine rings is 1. The van der Waals surface area contributed by atoms with Gasteiger partial charge in [0.25, 0.3) is 5.91 Å². The number of halogens is 2. The van der Waals surface area contributed by atoms with E-state index in [2.05, 4.69) is 4.90 Å². The molecule has 1 heterocycles. The number of anilines is 1. The first kappa shape index (κ1) is 19.8. The second kappa shape index (κ2) is 8.83. The number of benzene rings is 2. The van der Waals surface area contributed by atoms with Crippen molar-refractivity contribution in [1.29, 1.82) is 0 Å². The summed E-state index contributed by atoms with van der Waals surface area (Å²) in [5.41, 5.74) is 1.82. The first-order valence-electron chi connectivity index (χ1n) is 8.98. The van der Waals surface area contributed by atoms with Crippen LogP contribution in [0.4, 0.5) is 5.69 Å². The molecule has 27 heavy (non-hydrogen) atoms. The van der Waals surface area contributed by atoms with Gasteiger partial charge in [0.15, 0.2) is 6.54 Å². The van der Waals surface area contributed by atoms with E-state index in [0.29, 0.717) is 28.9 Å². The second-order valence-electron chi connectivity index (χ2n) is 6.90. The molecule has 0 saturated carbocycles. The van der Waals surface area contributed by atoms with E-state index in [1.54, 1.807) is 23.1 Å². The average molecular weight is 409 g/mol. The summed E-state index contributed by atoms with van der Waals surface area (Å²) in [5.74, 6) is 0.408. The zero-order valence-corrected chi connectivity index (χ0v) is 16.8. The molecule has 0 unspecified atom stereocenters. The molecule has 1 amide bonds. The predicted molar refractivity (Wildman–Crippen MR) is 109 cm³/mol. The van der Waals surface area contributed by atoms with Crippen LogP contribution in [-0.2, 0) is 11.3 Å². The minimum atomic E-state index is 0.104. The highest BCUT2D eigenvalue weighted by molar-refractivity contribution is 6.42. The summed E-state index contributed by atoms with van der Waals surface area (Å²) < 4.78 is 0. The normalized spacial score (nSPS) is 15.0. The number of hydrogen-bond donors (Lipinski definition) is 2. The molecule has 1 aliphatic rings. The van der Waals surface area contributed by atoms with Gasteiger partial charge in [0.2, 0.25) is 0 Å². The number of amides is 1. The lowest BCUT2D eigenvalue weighted by Gasteiger charge is -2.34. The molecule has 0 atom stereocenters. The van der Waals surface area contributed by atoms with Gasteiger partial charge in [-0.15, -0.1) is 0 Å². The van der Waals surface area contributed by atoms with Crippen molar-refractivity contribution in [2.24, 2.45) is 0 Å². The first-order chi connectivity index (χ1) is 12.9. The number of quaternary nitrogens is 1. The SMILES string of the molecule is CN(Cc1ccc(Cl)c(Cl)c1)C(=O)C[NH+]1CCN(c2ccccc2O)CC1. The van der Waals surface area contributed by atoms with Gasteiger partial charge in [0.05, 0.1) is 41.9 Å². The molecular formula is C20H24Cl2N3O2+. The van der Waals surface area contributed by atoms with Crippen molar-refractivity contribution in [3.63, 3.8) is 0 Å². The topological polar surface area (TPSA) is 48.2 Å². The highest BCUT2D eigenvalue weighted by Crippen LogP contribution is 2.26. The molecular weight excluding hydrogens is 385 g/mol. The second-order valence-corrected chi connectivity index (χ2v) is 7.72. The van der Waals surface area contributed by atoms with Crippen LogP contribution in [0.3, 0.4) is 0 Å². The summed E-state index contributed by atoms with van der Waals surface area (Å²) in [4.78, 5) is 17.7. The Bertz CT molecular complexity index is 808. The van der Waals surface area contributed by atoms with E-state index in [1.807, 2.05) is 31.3 Å². The van der Waals surface area contributed by atoms with E-state index in [0.717, 1.165) is 37.4 Å². The summed E-state index contributed by atoms with van der Waals surface area (Å²) in [6.45, 7) is 4.33. The van der Waals surface area contributed by atoms with Crippen LogP contribution in [0.5, 0.6) is 5.75 Å². The van der Waals surface area contributed by atoms with Gasteiger partial charge < -0.3 is 19.8 Å². The molecule has 7 heteroatoms. The zero-order valence-electron chi connectivity index (χ0n) is 15.3. The van der Waals surface area contributed by atoms with E-state index in [4.69, 9.17) is 23.2 Å². The molecule has 1 fully saturated rings. The minimum absolute atomic E-state index is 0.104. The Morgan fingerprint density at radius 1 is 1.15 bits per heavy atom. The molecule has 1 aliphatic heterocycles. The summed E-state index contributed by atoms with van der Waals surface area (Å²) in [7, 11) is 1.81. The monoisotopic (exact) mass is 408 g/mol. The van der Waals surface area contributed by atoms with Gasteiger partial charge in [-0.05, 0) is 29.8 Å². The van der Waals surface area contributed by atoms with Gasteiger partial charge in [-0.2, -0.15) is 0 Å². The molecule has 0 aliphatic carbocycles. The highest BCUT2D eigenvalue weighted by Gasteiger charge is 2.24. The van der Waals surface area contributed by atoms with Crippen molar-refractivity contribution in [3.05, 3.63) is 58.1 Å². The number of rotatable bonds is 5. The van der Waals surface area contributed by atoms with Crippen LogP contribution in [0, 0.1) is 0 Å². The molecule has 2 aromatic rings. The third-order valence-corrected chi connectivity index (χ3v) is 5.66. The van der Waals surface area contributed by atoms with Crippen molar-refractivity contribution in [1.82, 2.24) is 4.90 Å². The van der Waals surface area contributed by atoms with Crippen molar-refractivity contribution in [3.8, 4) is 5.75 Å². The Morgan fingerprint density at radius 3 is 2.52 bits per heavy atom. The van der Waals surface area contributed by atoms with Crippen LogP contribution in [0.25, 0.3) is 0 Å². The number of nitrogens with one attached hydrogen (secondary N) is 1. The first-order valence-corrected chi connectivity index (χ1v) is 9.74. The summed E-state index contributed by atoms with van der Waals surface area (Å²) in [6.07, 6.45) is 0. The number of likely N-dealkylation sites (N-methyl/N-ethyl adjacent to an activating group) is 1. The van der Waals surface area contributed by atoms with Crippen LogP contribution in [0.15, 0.2) is 42.5 Å². The van der Waals surface area contributed by atoms with Crippen molar-refractivity contribution in [2.45, 2.75) is 6.54 Å². The van der Waals surface area contributed by atoms with E-state index >= 15 is 0 Å². The van der Waals surface area contributed by atoms with E-state index in [9.17, 15) is 9.90 Å². The molecule has 0 radical (unpaired) electrons. The Hall–Kier alpha value is -1.95. The lowest BCUT2D eigenvalue weighted by Crippen LogP contribution is -3.15. The van der Waals surface area contributed by atoms with Crippen molar-refractivity contribution < 1.29 is 14.8 Å². The standard InChI is InChI=1S/C20H23Cl2N3O2/c1-23(13-15-6-7-16(21)17(22)12-15)20(27)14-24-8-10-25(11-9-24)18-4-2-3-5-19(18)26/h2-7,12,26H,8-11,13-14H2,1H3/p+1. The van der Waals surface area contributed by atoms with E-state index < -0.39 is 0 Å². The lowest BCUT2D eigenvalue weighted by atomic mass is 10.2. The fourth-order valence-corrected chi connectivity index (χ4v) is 3.64. The molecule has 0 bridgehead atoms. The van der Waals surface area contributed by atoms with E-state index in [-0.39, 0.29) is 5.91 Å². The van der Waals surface area contributed by atoms with Crippen LogP contribution >= 0.6 is 23.2 Å². The zero-order chi connectivity index (χ0) is 19.4. The quantitative estimate of drug-likeness (QED) is 0.795. The van der Waals surface area contributed by atoms with Crippen LogP contribution in [0.1, 0.15) is 5.56 Å². The molecule has 0 aromatic heterocycles. The Morgan fingerprint density at radius 2 is 1.85 bits per heavy atom. The smallest absolute Gasteiger partial charge is 0.277 e. The number of aromatic hydroxyl groups is 1. The number of carbonyl (C=O) groups excluding carboxylic acids is 1. The number of phenolic OH excluding ortho intramolecular Hbond substituents is 1. The van der Waals surface area contributed by atoms with Crippen LogP contribution in [0.2, 0.25) is 10.0 Å². The lowest BCUT2D eigenvalue weighted by molar-refractivity contribution is -0.892. The number of carbonyl (C=O) groups is 1. The molecule has 0 spiro atoms. The maximum Gasteiger partial charge on any atom is 0.277 e. The Labute approximate surface area is 169 Å². The van der Waals surface area contributed by atoms with Crippen molar-refractivity contribution in [2.75, 3.05) is 44.7 Å². The minimum Gasteiger partial charge on any atom is -0.506 e. The summed E-state index contributed by atoms with van der Waals surface area (Å²) >= 11 is 12.0. The van der Waals surface area contributed by atoms with Crippen molar-refractivity contribution >= 4 is 34.8 Å². The summed E-state index contributed by atoms with van der Waals surface area (Å²) in [6, 6.07) is 12.8. The Balaban J connectivity index is 1.50. The average Bonchev–Trinajstić information content (AvgIpc) is 2.66. The van der Waals surface area contributed by atoms with Gasteiger partial charge in [0, 0.05) is 13.6 Å². The van der Waals surface area contributed by atoms with Gasteiger partial charge in [-0.3, -0.25) is 4.79 Å². The molecule has 144 valence electrons. The fraction of sp³-hybridized carbons (Fsp3) is 0.350. The maximum absolute atomic E-state index is 12.6. The summed E-state index contributed by atoms with van der Waals surface area (Å²) in [5, 5.41) is 11.0. The third-order valence-electron chi connectivity index (χ3n) is 4.92. The van der Waals surface area contributed by atoms with Gasteiger partial charge >= 0.3 is 0 Å². The molecule has 5 nitrogen and oxygen atoms in total. The number of phenols is 1. The fourth-order valence-electron chi connectivity index (χ4n) is 3.32. The highest BCUT2D eigenvalue weighted by atomic mass is 35.5. The van der Waals surface area contributed by atoms with Gasteiger partial charge in [-0.25, -0.2) is 0 Å². The molecule has 1 saturated heterocycles. The number of nitrogens with zero attached hydrogens (tertiary/aromatic N) is 2. The molecule has 2 N–H and O–H groups in total. The number of para-hydroxylation sites is 2. The number of hydrogen-bond acceptors (Lipinski definition) is 3. The third kappa shape index (κ3) is 5.06. The largest absolute Gasteiger partial charge is 0.506 e.